The molecule has 4 rings (SSSR count). The van der Waals surface area contributed by atoms with Crippen molar-refractivity contribution in [3.8, 4) is 0 Å². The number of nitrogens with zero attached hydrogens (tertiary/aromatic N) is 6. The van der Waals surface area contributed by atoms with E-state index in [0.717, 1.165) is 40.7 Å². The highest BCUT2D eigenvalue weighted by molar-refractivity contribution is 5.81. The van der Waals surface area contributed by atoms with Gasteiger partial charge in [-0.1, -0.05) is 38.1 Å². The minimum absolute atomic E-state index is 0.0682. The summed E-state index contributed by atoms with van der Waals surface area (Å²) in [4.78, 5) is 22.8. The van der Waals surface area contributed by atoms with Gasteiger partial charge in [-0.2, -0.15) is 0 Å². The van der Waals surface area contributed by atoms with Crippen LogP contribution in [0.5, 0.6) is 0 Å². The molecule has 8 nitrogen and oxygen atoms in total. The highest BCUT2D eigenvalue weighted by atomic mass is 16.1. The topological polar surface area (TPSA) is 92.6 Å². The number of para-hydroxylation sites is 1. The summed E-state index contributed by atoms with van der Waals surface area (Å²) in [5.41, 5.74) is 3.44. The van der Waals surface area contributed by atoms with E-state index in [4.69, 9.17) is 0 Å². The van der Waals surface area contributed by atoms with Crippen LogP contribution in [0.4, 0.5) is 0 Å². The predicted octanol–water partition coefficient (Wildman–Crippen LogP) is 4.52. The molecule has 0 spiro atoms. The van der Waals surface area contributed by atoms with Crippen molar-refractivity contribution >= 4 is 10.9 Å². The van der Waals surface area contributed by atoms with Crippen molar-refractivity contribution in [2.24, 2.45) is 0 Å². The van der Waals surface area contributed by atoms with Gasteiger partial charge < -0.3 is 4.98 Å². The molecule has 0 aliphatic rings. The van der Waals surface area contributed by atoms with Gasteiger partial charge in [0.2, 0.25) is 0 Å². The van der Waals surface area contributed by atoms with Crippen molar-refractivity contribution in [2.75, 3.05) is 0 Å². The summed E-state index contributed by atoms with van der Waals surface area (Å²) in [6, 6.07) is 12.0. The molecule has 0 unspecified atom stereocenters. The molecule has 0 amide bonds. The Morgan fingerprint density at radius 3 is 2.68 bits per heavy atom. The molecule has 1 aromatic carbocycles. The summed E-state index contributed by atoms with van der Waals surface area (Å²) in [7, 11) is 0. The first-order chi connectivity index (χ1) is 16.3. The quantitative estimate of drug-likeness (QED) is 0.396. The number of benzene rings is 1. The fourth-order valence-electron chi connectivity index (χ4n) is 4.35. The molecule has 0 aliphatic carbocycles. The van der Waals surface area contributed by atoms with Crippen LogP contribution < -0.4 is 5.56 Å². The number of hydrogen-bond acceptors (Lipinski definition) is 6. The van der Waals surface area contributed by atoms with Crippen LogP contribution in [0.2, 0.25) is 0 Å². The van der Waals surface area contributed by atoms with Gasteiger partial charge in [0.15, 0.2) is 5.82 Å². The Labute approximate surface area is 200 Å². The number of hydrogen-bond donors (Lipinski definition) is 1. The van der Waals surface area contributed by atoms with Crippen molar-refractivity contribution in [1.82, 2.24) is 35.1 Å². The molecule has 4 aromatic rings. The monoisotopic (exact) mass is 459 g/mol. The number of aryl methyl sites for hydroxylation is 1. The lowest BCUT2D eigenvalue weighted by Gasteiger charge is -2.33. The van der Waals surface area contributed by atoms with Crippen molar-refractivity contribution in [3.63, 3.8) is 0 Å². The first-order valence-electron chi connectivity index (χ1n) is 11.9. The number of H-pyrrole nitrogens is 1. The van der Waals surface area contributed by atoms with Gasteiger partial charge in [-0.05, 0) is 72.7 Å². The zero-order valence-electron chi connectivity index (χ0n) is 20.6. The van der Waals surface area contributed by atoms with Gasteiger partial charge in [-0.3, -0.25) is 14.7 Å². The molecule has 0 saturated heterocycles. The largest absolute Gasteiger partial charge is 0.321 e. The van der Waals surface area contributed by atoms with E-state index in [1.54, 1.807) is 6.20 Å². The molecule has 34 heavy (non-hydrogen) atoms. The molecule has 8 heteroatoms. The second-order valence-electron chi connectivity index (χ2n) is 9.47. The van der Waals surface area contributed by atoms with Gasteiger partial charge in [0.25, 0.3) is 5.56 Å². The fraction of sp³-hybridized carbons (Fsp3) is 0.423. The number of rotatable bonds is 9. The molecule has 0 saturated carbocycles. The molecular formula is C26H33N7O. The number of aromatic nitrogens is 6. The third kappa shape index (κ3) is 4.77. The van der Waals surface area contributed by atoms with E-state index in [-0.39, 0.29) is 17.1 Å². The Morgan fingerprint density at radius 1 is 1.15 bits per heavy atom. The zero-order valence-corrected chi connectivity index (χ0v) is 20.6. The molecule has 3 heterocycles. The maximum atomic E-state index is 13.1. The standard InChI is InChI=1S/C26H33N7O/c1-6-22(24-29-30-31-33(24)26(4,5)7-2)32(16-19-11-9-13-27-15-19)17-21-14-20-12-8-10-18(3)23(20)28-25(21)34/h8-15,22H,6-7,16-17H2,1-5H3,(H,28,34)/t22-/m1/s1. The zero-order chi connectivity index (χ0) is 24.3. The molecule has 0 aliphatic heterocycles. The first-order valence-corrected chi connectivity index (χ1v) is 11.9. The Hall–Kier alpha value is -3.39. The number of fused-ring (bicyclic) bond motifs is 1. The lowest BCUT2D eigenvalue weighted by Crippen LogP contribution is -2.36. The number of pyridine rings is 2. The van der Waals surface area contributed by atoms with Gasteiger partial charge in [0, 0.05) is 31.0 Å². The summed E-state index contributed by atoms with van der Waals surface area (Å²) >= 11 is 0. The number of aromatic amines is 1. The molecule has 1 atom stereocenters. The Kier molecular flexibility index (Phi) is 6.88. The van der Waals surface area contributed by atoms with Gasteiger partial charge >= 0.3 is 0 Å². The second-order valence-corrected chi connectivity index (χ2v) is 9.47. The molecule has 0 radical (unpaired) electrons. The van der Waals surface area contributed by atoms with E-state index in [0.29, 0.717) is 18.7 Å². The number of tetrazole rings is 1. The lowest BCUT2D eigenvalue weighted by atomic mass is 10.0. The third-order valence-electron chi connectivity index (χ3n) is 6.70. The van der Waals surface area contributed by atoms with Crippen molar-refractivity contribution in [2.45, 2.75) is 72.1 Å². The van der Waals surface area contributed by atoms with Crippen LogP contribution in [0, 0.1) is 6.92 Å². The Bertz CT molecular complexity index is 1310. The Morgan fingerprint density at radius 2 is 1.97 bits per heavy atom. The van der Waals surface area contributed by atoms with Gasteiger partial charge in [0.05, 0.1) is 17.1 Å². The van der Waals surface area contributed by atoms with Crippen molar-refractivity contribution in [3.05, 3.63) is 81.7 Å². The average Bonchev–Trinajstić information content (AvgIpc) is 3.32. The molecular weight excluding hydrogens is 426 g/mol. The SMILES string of the molecule is CC[C@H](c1nnnn1C(C)(C)CC)N(Cc1cccnc1)Cc1cc2cccc(C)c2[nH]c1=O. The van der Waals surface area contributed by atoms with Crippen LogP contribution in [0.1, 0.15) is 69.1 Å². The molecule has 3 aromatic heterocycles. The summed E-state index contributed by atoms with van der Waals surface area (Å²) in [6.07, 6.45) is 5.33. The normalized spacial score (nSPS) is 13.0. The van der Waals surface area contributed by atoms with Crippen LogP contribution >= 0.6 is 0 Å². The highest BCUT2D eigenvalue weighted by Crippen LogP contribution is 2.30. The highest BCUT2D eigenvalue weighted by Gasteiger charge is 2.31. The van der Waals surface area contributed by atoms with E-state index in [2.05, 4.69) is 64.2 Å². The van der Waals surface area contributed by atoms with Gasteiger partial charge in [-0.15, -0.1) is 5.10 Å². The summed E-state index contributed by atoms with van der Waals surface area (Å²) in [5, 5.41) is 13.8. The summed E-state index contributed by atoms with van der Waals surface area (Å²) in [5.74, 6) is 0.811. The fourth-order valence-corrected chi connectivity index (χ4v) is 4.35. The van der Waals surface area contributed by atoms with E-state index in [9.17, 15) is 4.79 Å². The third-order valence-corrected chi connectivity index (χ3v) is 6.70. The molecule has 0 bridgehead atoms. The molecule has 1 N–H and O–H groups in total. The number of nitrogens with one attached hydrogen (secondary N) is 1. The van der Waals surface area contributed by atoms with E-state index in [1.165, 1.54) is 0 Å². The second kappa shape index (κ2) is 9.85. The maximum Gasteiger partial charge on any atom is 0.252 e. The smallest absolute Gasteiger partial charge is 0.252 e. The summed E-state index contributed by atoms with van der Waals surface area (Å²) in [6.45, 7) is 11.6. The van der Waals surface area contributed by atoms with Crippen molar-refractivity contribution in [1.29, 1.82) is 0 Å². The minimum atomic E-state index is -0.218. The van der Waals surface area contributed by atoms with Crippen LogP contribution in [-0.4, -0.2) is 35.1 Å². The van der Waals surface area contributed by atoms with Gasteiger partial charge in [0.1, 0.15) is 0 Å². The average molecular weight is 460 g/mol. The molecule has 178 valence electrons. The van der Waals surface area contributed by atoms with E-state index < -0.39 is 0 Å². The van der Waals surface area contributed by atoms with E-state index in [1.807, 2.05) is 48.1 Å². The van der Waals surface area contributed by atoms with Gasteiger partial charge in [-0.25, -0.2) is 4.68 Å². The van der Waals surface area contributed by atoms with Crippen LogP contribution in [0.15, 0.2) is 53.6 Å². The first kappa shape index (κ1) is 23.8. The maximum absolute atomic E-state index is 13.1. The molecule has 0 fully saturated rings. The van der Waals surface area contributed by atoms with E-state index >= 15 is 0 Å². The lowest BCUT2D eigenvalue weighted by molar-refractivity contribution is 0.150. The predicted molar refractivity (Wildman–Crippen MR) is 133 cm³/mol. The van der Waals surface area contributed by atoms with Crippen LogP contribution in [0.25, 0.3) is 10.9 Å². The van der Waals surface area contributed by atoms with Crippen LogP contribution in [-0.2, 0) is 18.6 Å². The summed E-state index contributed by atoms with van der Waals surface area (Å²) < 4.78 is 1.94. The Balaban J connectivity index is 1.77. The van der Waals surface area contributed by atoms with Crippen LogP contribution in [0.3, 0.4) is 0 Å². The van der Waals surface area contributed by atoms with Crippen molar-refractivity contribution < 1.29 is 0 Å². The minimum Gasteiger partial charge on any atom is -0.321 e.